The Morgan fingerprint density at radius 3 is 2.83 bits per heavy atom. The number of thiazole rings is 1. The van der Waals surface area contributed by atoms with E-state index < -0.39 is 0 Å². The van der Waals surface area contributed by atoms with Crippen LogP contribution in [-0.4, -0.2) is 28.9 Å². The molecule has 1 saturated heterocycles. The third-order valence-electron chi connectivity index (χ3n) is 4.02. The molecule has 0 saturated carbocycles. The lowest BCUT2D eigenvalue weighted by molar-refractivity contribution is 0.102. The lowest BCUT2D eigenvalue weighted by Gasteiger charge is -2.30. The van der Waals surface area contributed by atoms with Crippen molar-refractivity contribution in [3.63, 3.8) is 0 Å². The van der Waals surface area contributed by atoms with Crippen LogP contribution in [0.4, 0.5) is 5.13 Å². The van der Waals surface area contributed by atoms with E-state index in [2.05, 4.69) is 22.1 Å². The number of nitrogens with zero attached hydrogens (tertiary/aromatic N) is 2. The van der Waals surface area contributed by atoms with Gasteiger partial charge in [-0.1, -0.05) is 30.1 Å². The van der Waals surface area contributed by atoms with E-state index in [1.54, 1.807) is 18.2 Å². The molecule has 1 aromatic heterocycles. The molecular weight excluding hydrogens is 365 g/mol. The van der Waals surface area contributed by atoms with Gasteiger partial charge >= 0.3 is 0 Å². The zero-order valence-electron chi connectivity index (χ0n) is 13.4. The maximum absolute atomic E-state index is 12.3. The Hall–Kier alpha value is -1.14. The highest BCUT2D eigenvalue weighted by Gasteiger charge is 2.18. The van der Waals surface area contributed by atoms with Crippen molar-refractivity contribution >= 4 is 45.6 Å². The number of amides is 1. The number of benzene rings is 1. The monoisotopic (exact) mass is 383 g/mol. The molecule has 3 rings (SSSR count). The van der Waals surface area contributed by atoms with Crippen LogP contribution < -0.4 is 5.32 Å². The molecular formula is C17H19Cl2N3OS. The van der Waals surface area contributed by atoms with Crippen LogP contribution in [0.2, 0.25) is 10.0 Å². The Labute approximate surface area is 155 Å². The van der Waals surface area contributed by atoms with Gasteiger partial charge in [0.1, 0.15) is 0 Å². The summed E-state index contributed by atoms with van der Waals surface area (Å²) in [6.07, 6.45) is 2.54. The van der Waals surface area contributed by atoms with Gasteiger partial charge in [-0.2, -0.15) is 0 Å². The third-order valence-corrected chi connectivity index (χ3v) is 5.27. The summed E-state index contributed by atoms with van der Waals surface area (Å²) in [6, 6.07) is 4.78. The van der Waals surface area contributed by atoms with Gasteiger partial charge < -0.3 is 0 Å². The average Bonchev–Trinajstić information content (AvgIpc) is 2.93. The van der Waals surface area contributed by atoms with Gasteiger partial charge in [0.2, 0.25) is 0 Å². The molecule has 1 aromatic carbocycles. The van der Waals surface area contributed by atoms with E-state index in [0.717, 1.165) is 31.2 Å². The maximum Gasteiger partial charge on any atom is 0.257 e. The molecule has 1 aliphatic rings. The topological polar surface area (TPSA) is 45.2 Å². The highest BCUT2D eigenvalue weighted by molar-refractivity contribution is 7.14. The van der Waals surface area contributed by atoms with Crippen molar-refractivity contribution in [2.45, 2.75) is 26.3 Å². The van der Waals surface area contributed by atoms with Crippen LogP contribution in [0.3, 0.4) is 0 Å². The fourth-order valence-electron chi connectivity index (χ4n) is 2.95. The van der Waals surface area contributed by atoms with E-state index in [1.807, 2.05) is 5.38 Å². The molecule has 0 bridgehead atoms. The van der Waals surface area contributed by atoms with Crippen LogP contribution in [0.15, 0.2) is 23.6 Å². The number of likely N-dealkylation sites (tertiary alicyclic amines) is 1. The number of halogens is 2. The van der Waals surface area contributed by atoms with E-state index in [0.29, 0.717) is 20.7 Å². The minimum atomic E-state index is -0.258. The molecule has 0 aliphatic carbocycles. The SMILES string of the molecule is C[C@@H]1CCCN(Cc2csc(NC(=O)c3cc(Cl)cc(Cl)c3)n2)C1. The van der Waals surface area contributed by atoms with Crippen molar-refractivity contribution in [1.82, 2.24) is 9.88 Å². The van der Waals surface area contributed by atoms with Crippen LogP contribution in [0, 0.1) is 5.92 Å². The molecule has 24 heavy (non-hydrogen) atoms. The van der Waals surface area contributed by atoms with Crippen LogP contribution >= 0.6 is 34.5 Å². The lowest BCUT2D eigenvalue weighted by atomic mass is 10.0. The number of piperidine rings is 1. The van der Waals surface area contributed by atoms with Crippen LogP contribution in [0.5, 0.6) is 0 Å². The fourth-order valence-corrected chi connectivity index (χ4v) is 4.17. The maximum atomic E-state index is 12.3. The predicted molar refractivity (Wildman–Crippen MR) is 100 cm³/mol. The molecule has 1 atom stereocenters. The van der Waals surface area contributed by atoms with E-state index in [-0.39, 0.29) is 5.91 Å². The second-order valence-corrected chi connectivity index (χ2v) is 7.97. The number of anilines is 1. The Morgan fingerprint density at radius 1 is 1.38 bits per heavy atom. The zero-order valence-corrected chi connectivity index (χ0v) is 15.7. The summed E-state index contributed by atoms with van der Waals surface area (Å²) < 4.78 is 0. The van der Waals surface area contributed by atoms with Crippen molar-refractivity contribution in [1.29, 1.82) is 0 Å². The largest absolute Gasteiger partial charge is 0.298 e. The first-order valence-electron chi connectivity index (χ1n) is 7.94. The van der Waals surface area contributed by atoms with Gasteiger partial charge in [0, 0.05) is 34.1 Å². The Kier molecular flexibility index (Phi) is 5.76. The second kappa shape index (κ2) is 7.83. The molecule has 4 nitrogen and oxygen atoms in total. The van der Waals surface area contributed by atoms with Crippen molar-refractivity contribution in [3.05, 3.63) is 44.9 Å². The highest BCUT2D eigenvalue weighted by atomic mass is 35.5. The summed E-state index contributed by atoms with van der Waals surface area (Å²) in [6.45, 7) is 5.35. The summed E-state index contributed by atoms with van der Waals surface area (Å²) in [7, 11) is 0. The molecule has 2 heterocycles. The Balaban J connectivity index is 1.62. The average molecular weight is 384 g/mol. The summed E-state index contributed by atoms with van der Waals surface area (Å²) in [5, 5.41) is 6.28. The standard InChI is InChI=1S/C17H19Cl2N3OS/c1-11-3-2-4-22(8-11)9-15-10-24-17(20-15)21-16(23)12-5-13(18)7-14(19)6-12/h5-7,10-11H,2-4,8-9H2,1H3,(H,20,21,23)/t11-/m1/s1. The van der Waals surface area contributed by atoms with Crippen LogP contribution in [-0.2, 0) is 6.54 Å². The molecule has 0 spiro atoms. The molecule has 1 N–H and O–H groups in total. The summed E-state index contributed by atoms with van der Waals surface area (Å²) in [4.78, 5) is 19.2. The Morgan fingerprint density at radius 2 is 2.12 bits per heavy atom. The van der Waals surface area contributed by atoms with E-state index >= 15 is 0 Å². The zero-order chi connectivity index (χ0) is 17.1. The smallest absolute Gasteiger partial charge is 0.257 e. The molecule has 0 unspecified atom stereocenters. The highest BCUT2D eigenvalue weighted by Crippen LogP contribution is 2.23. The third kappa shape index (κ3) is 4.70. The van der Waals surface area contributed by atoms with Gasteiger partial charge in [-0.05, 0) is 43.5 Å². The van der Waals surface area contributed by atoms with Crippen molar-refractivity contribution in [3.8, 4) is 0 Å². The van der Waals surface area contributed by atoms with Gasteiger partial charge in [0.25, 0.3) is 5.91 Å². The lowest BCUT2D eigenvalue weighted by Crippen LogP contribution is -2.33. The number of hydrogen-bond acceptors (Lipinski definition) is 4. The van der Waals surface area contributed by atoms with Gasteiger partial charge in [-0.25, -0.2) is 4.98 Å². The number of rotatable bonds is 4. The first kappa shape index (κ1) is 17.7. The quantitative estimate of drug-likeness (QED) is 0.813. The van der Waals surface area contributed by atoms with Gasteiger partial charge in [0.05, 0.1) is 5.69 Å². The molecule has 1 fully saturated rings. The number of hydrogen-bond donors (Lipinski definition) is 1. The van der Waals surface area contributed by atoms with E-state index in [1.165, 1.54) is 24.2 Å². The summed E-state index contributed by atoms with van der Waals surface area (Å²) in [5.41, 5.74) is 1.42. The molecule has 128 valence electrons. The minimum absolute atomic E-state index is 0.258. The van der Waals surface area contributed by atoms with Gasteiger partial charge in [0.15, 0.2) is 5.13 Å². The van der Waals surface area contributed by atoms with E-state index in [9.17, 15) is 4.79 Å². The normalized spacial score (nSPS) is 18.5. The Bertz CT molecular complexity index is 714. The fraction of sp³-hybridized carbons (Fsp3) is 0.412. The van der Waals surface area contributed by atoms with Crippen LogP contribution in [0.1, 0.15) is 35.8 Å². The van der Waals surface area contributed by atoms with Crippen molar-refractivity contribution in [2.75, 3.05) is 18.4 Å². The number of nitrogens with one attached hydrogen (secondary N) is 1. The van der Waals surface area contributed by atoms with Gasteiger partial charge in [-0.15, -0.1) is 11.3 Å². The molecule has 7 heteroatoms. The first-order valence-corrected chi connectivity index (χ1v) is 9.57. The molecule has 2 aromatic rings. The van der Waals surface area contributed by atoms with Crippen molar-refractivity contribution < 1.29 is 4.79 Å². The number of carbonyl (C=O) groups excluding carboxylic acids is 1. The van der Waals surface area contributed by atoms with E-state index in [4.69, 9.17) is 23.2 Å². The van der Waals surface area contributed by atoms with Crippen molar-refractivity contribution in [2.24, 2.45) is 5.92 Å². The van der Waals surface area contributed by atoms with Crippen LogP contribution in [0.25, 0.3) is 0 Å². The minimum Gasteiger partial charge on any atom is -0.298 e. The summed E-state index contributed by atoms with van der Waals surface area (Å²) in [5.74, 6) is 0.482. The number of carbonyl (C=O) groups is 1. The number of aromatic nitrogens is 1. The molecule has 1 amide bonds. The predicted octanol–water partition coefficient (Wildman–Crippen LogP) is 4.93. The second-order valence-electron chi connectivity index (χ2n) is 6.24. The first-order chi connectivity index (χ1) is 11.5. The molecule has 1 aliphatic heterocycles. The van der Waals surface area contributed by atoms with Gasteiger partial charge in [-0.3, -0.25) is 15.0 Å². The molecule has 0 radical (unpaired) electrons. The summed E-state index contributed by atoms with van der Waals surface area (Å²) >= 11 is 13.3.